The summed E-state index contributed by atoms with van der Waals surface area (Å²) in [5, 5.41) is 56.1. The summed E-state index contributed by atoms with van der Waals surface area (Å²) in [6, 6.07) is 9.49. The fourth-order valence-electron chi connectivity index (χ4n) is 12.8. The minimum absolute atomic E-state index is 0.0219. The number of carbonyl (C=O) groups excluding carboxylic acids is 1. The summed E-state index contributed by atoms with van der Waals surface area (Å²) in [5.74, 6) is -1.04. The Morgan fingerprint density at radius 1 is 1.07 bits per heavy atom. The molecule has 4 fully saturated rings. The Morgan fingerprint density at radius 3 is 2.60 bits per heavy atom. The molecule has 1 unspecified atom stereocenters. The van der Waals surface area contributed by atoms with Gasteiger partial charge < -0.3 is 41.2 Å². The van der Waals surface area contributed by atoms with E-state index in [2.05, 4.69) is 70.8 Å². The first-order valence-electron chi connectivity index (χ1n) is 21.7. The molecule has 13 atom stereocenters. The van der Waals surface area contributed by atoms with Gasteiger partial charge in [0.1, 0.15) is 12.6 Å². The number of carbonyl (C=O) groups is 1. The molecule has 8 N–H and O–H groups in total. The lowest BCUT2D eigenvalue weighted by Crippen LogP contribution is -3.17. The van der Waals surface area contributed by atoms with Gasteiger partial charge in [0.05, 0.1) is 35.7 Å². The molecule has 0 radical (unpaired) electrons. The molecule has 0 amide bonds. The lowest BCUT2D eigenvalue weighted by molar-refractivity contribution is -0.915. The van der Waals surface area contributed by atoms with E-state index < -0.39 is 29.7 Å². The second-order valence-electron chi connectivity index (χ2n) is 19.8. The Hall–Kier alpha value is -2.22. The lowest BCUT2D eigenvalue weighted by Gasteiger charge is -2.59. The Labute approximate surface area is 328 Å². The van der Waals surface area contributed by atoms with E-state index in [0.29, 0.717) is 19.3 Å². The van der Waals surface area contributed by atoms with Gasteiger partial charge in [-0.1, -0.05) is 49.3 Å². The Bertz CT molecular complexity index is 1590. The van der Waals surface area contributed by atoms with Gasteiger partial charge in [-0.3, -0.25) is 10.2 Å². The number of aliphatic carboxylic acids is 1. The molecular formula is C44H68N6O5. The molecule has 7 aliphatic rings. The number of fused-ring (bicyclic) bond motifs is 8. The largest absolute Gasteiger partial charge is 0.550 e. The molecule has 2 aliphatic carbocycles. The van der Waals surface area contributed by atoms with Crippen LogP contribution >= 0.6 is 0 Å². The van der Waals surface area contributed by atoms with Crippen LogP contribution in [-0.2, 0) is 17.6 Å². The van der Waals surface area contributed by atoms with Crippen LogP contribution in [0.4, 0.5) is 0 Å². The van der Waals surface area contributed by atoms with E-state index in [1.165, 1.54) is 16.0 Å². The summed E-state index contributed by atoms with van der Waals surface area (Å²) in [7, 11) is 0. The number of aliphatic imine (C=N–C) groups is 1. The van der Waals surface area contributed by atoms with Crippen LogP contribution in [0, 0.1) is 23.2 Å². The van der Waals surface area contributed by atoms with Gasteiger partial charge >= 0.3 is 0 Å². The fraction of sp³-hybridized carbons (Fsp3) is 0.773. The van der Waals surface area contributed by atoms with E-state index in [9.17, 15) is 25.2 Å². The molecular weight excluding hydrogens is 693 g/mol. The van der Waals surface area contributed by atoms with Crippen molar-refractivity contribution in [2.75, 3.05) is 26.3 Å². The second kappa shape index (κ2) is 15.5. The molecule has 11 heteroatoms. The highest BCUT2D eigenvalue weighted by atomic mass is 16.4. The number of hydrogen-bond donors (Lipinski definition) is 7. The number of nitrogens with two attached hydrogens (primary N) is 1. The third-order valence-corrected chi connectivity index (χ3v) is 16.0. The Morgan fingerprint density at radius 2 is 1.85 bits per heavy atom. The highest BCUT2D eigenvalue weighted by Crippen LogP contribution is 2.53. The van der Waals surface area contributed by atoms with E-state index in [-0.39, 0.29) is 65.6 Å². The number of aliphatic hydroxyl groups is 3. The number of benzene rings is 1. The first kappa shape index (κ1) is 39.6. The molecule has 5 heterocycles. The molecule has 5 aliphatic heterocycles. The molecule has 3 saturated heterocycles. The Kier molecular flexibility index (Phi) is 11.2. The number of allylic oxidation sites excluding steroid dienone is 1. The number of nitrogens with zero attached hydrogens (tertiary/aromatic N) is 2. The monoisotopic (exact) mass is 761 g/mol. The summed E-state index contributed by atoms with van der Waals surface area (Å²) >= 11 is 0. The van der Waals surface area contributed by atoms with Crippen LogP contribution in [0.3, 0.4) is 0 Å². The van der Waals surface area contributed by atoms with Gasteiger partial charge in [0, 0.05) is 55.4 Å². The number of quaternary nitrogens is 1. The van der Waals surface area contributed by atoms with Crippen LogP contribution in [0.25, 0.3) is 0 Å². The summed E-state index contributed by atoms with van der Waals surface area (Å²) in [5.41, 5.74) is 6.46. The van der Waals surface area contributed by atoms with E-state index in [4.69, 9.17) is 5.73 Å². The fourth-order valence-corrected chi connectivity index (χ4v) is 12.8. The molecule has 0 aromatic heterocycles. The minimum Gasteiger partial charge on any atom is -0.550 e. The van der Waals surface area contributed by atoms with Gasteiger partial charge in [-0.2, -0.15) is 0 Å². The molecule has 1 aromatic rings. The zero-order chi connectivity index (χ0) is 38.6. The third-order valence-electron chi connectivity index (χ3n) is 16.0. The van der Waals surface area contributed by atoms with Crippen LogP contribution < -0.4 is 26.4 Å². The second-order valence-corrected chi connectivity index (χ2v) is 19.8. The highest BCUT2D eigenvalue weighted by Gasteiger charge is 2.58. The number of aliphatic hydroxyl groups excluding tert-OH is 1. The average Bonchev–Trinajstić information content (AvgIpc) is 3.84. The number of carboxylic acid groups (broad SMARTS) is 1. The molecule has 304 valence electrons. The van der Waals surface area contributed by atoms with Crippen molar-refractivity contribution >= 4 is 12.2 Å². The maximum absolute atomic E-state index is 13.4. The smallest absolute Gasteiger partial charge is 0.171 e. The molecule has 4 bridgehead atoms. The number of piperidine rings is 3. The summed E-state index contributed by atoms with van der Waals surface area (Å²) in [6.07, 6.45) is 17.8. The molecule has 11 nitrogen and oxygen atoms in total. The first-order valence-corrected chi connectivity index (χ1v) is 21.7. The predicted octanol–water partition coefficient (Wildman–Crippen LogP) is 0.835. The van der Waals surface area contributed by atoms with Crippen molar-refractivity contribution in [2.24, 2.45) is 33.9 Å². The predicted molar refractivity (Wildman–Crippen MR) is 211 cm³/mol. The van der Waals surface area contributed by atoms with Crippen LogP contribution in [-0.4, -0.2) is 112 Å². The van der Waals surface area contributed by atoms with Crippen LogP contribution in [0.15, 0.2) is 41.4 Å². The third kappa shape index (κ3) is 8.24. The molecule has 1 aromatic carbocycles. The van der Waals surface area contributed by atoms with Gasteiger partial charge in [0.25, 0.3) is 0 Å². The van der Waals surface area contributed by atoms with Crippen LogP contribution in [0.1, 0.15) is 108 Å². The standard InChI is InChI=1S/C44H68N6O5/c1-29-38(51)21-36(49-17-16-46-28-49)37-23-44(55)33(26-50(29)37)9-8-32-10-13-42(11-3-4-12-42)14-15-43(54,25-40(52)53)27-47-41(2)22-34(48-39(45)24-41)19-30-6-5-7-31(18-30)20-35(32)44/h5-9,16,18,29,32-39,47-48,51,54-55H,3-4,10-15,17,19-28,45H2,1-2H3,(H,52,53)/t29-,32-,33+,34-,35+,36+,37+,38-,39-,41-,43-,44-/m1/s1. The first-order chi connectivity index (χ1) is 26.2. The van der Waals surface area contributed by atoms with Crippen LogP contribution in [0.2, 0.25) is 0 Å². The quantitative estimate of drug-likeness (QED) is 0.221. The maximum atomic E-state index is 13.4. The van der Waals surface area contributed by atoms with Gasteiger partial charge in [-0.05, 0) is 113 Å². The minimum atomic E-state index is -1.42. The molecule has 1 spiro atoms. The summed E-state index contributed by atoms with van der Waals surface area (Å²) in [4.78, 5) is 20.6. The number of carboxylic acids is 1. The average molecular weight is 761 g/mol. The van der Waals surface area contributed by atoms with Gasteiger partial charge in [-0.25, -0.2) is 4.99 Å². The lowest BCUT2D eigenvalue weighted by atomic mass is 9.58. The van der Waals surface area contributed by atoms with Crippen LogP contribution in [0.5, 0.6) is 0 Å². The number of hydrogen-bond acceptors (Lipinski definition) is 10. The zero-order valence-corrected chi connectivity index (χ0v) is 33.3. The summed E-state index contributed by atoms with van der Waals surface area (Å²) in [6.45, 7) is 6.84. The van der Waals surface area contributed by atoms with Crippen molar-refractivity contribution in [3.05, 3.63) is 47.5 Å². The summed E-state index contributed by atoms with van der Waals surface area (Å²) < 4.78 is 0. The zero-order valence-electron chi connectivity index (χ0n) is 33.3. The maximum Gasteiger partial charge on any atom is 0.171 e. The number of rotatable bonds is 3. The van der Waals surface area contributed by atoms with Crippen molar-refractivity contribution in [1.29, 1.82) is 0 Å². The van der Waals surface area contributed by atoms with E-state index in [1.54, 1.807) is 0 Å². The van der Waals surface area contributed by atoms with Crippen molar-refractivity contribution in [3.63, 3.8) is 0 Å². The van der Waals surface area contributed by atoms with Gasteiger partial charge in [-0.15, -0.1) is 0 Å². The van der Waals surface area contributed by atoms with Crippen molar-refractivity contribution < 1.29 is 30.1 Å². The van der Waals surface area contributed by atoms with Gasteiger partial charge in [0.15, 0.2) is 6.67 Å². The molecule has 55 heavy (non-hydrogen) atoms. The van der Waals surface area contributed by atoms with E-state index >= 15 is 0 Å². The number of nitrogens with one attached hydrogen (secondary N) is 3. The highest BCUT2D eigenvalue weighted by molar-refractivity contribution is 5.65. The molecule has 1 saturated carbocycles. The van der Waals surface area contributed by atoms with Crippen molar-refractivity contribution in [2.45, 2.75) is 163 Å². The van der Waals surface area contributed by atoms with Crippen molar-refractivity contribution in [1.82, 2.24) is 15.5 Å². The Balaban J connectivity index is 1.15. The topological polar surface area (TPSA) is 171 Å². The van der Waals surface area contributed by atoms with Gasteiger partial charge in [0.2, 0.25) is 0 Å². The SMILES string of the molecule is C[C@@H]1[C@H](O)C[C@H]([NH+]2CC=NC2)[C@@H]2C[C@@]3(O)[C@@H](C=C[C@@H]4CCC5(CCCC5)CC[C@@](O)(CC(=O)[O-])CN[C@]5(C)C[C@@H](Cc6cccc(c6)C[C@@H]43)N[C@@H](N)C5)CN12. The van der Waals surface area contributed by atoms with E-state index in [0.717, 1.165) is 90.4 Å². The number of β-amino-alcohol motifs (C(OH)–C–C–N with tert-alkyl or cyclic N) is 1. The normalized spacial score (nSPS) is 44.9. The van der Waals surface area contributed by atoms with Crippen molar-refractivity contribution in [3.8, 4) is 0 Å². The molecule has 8 rings (SSSR count). The van der Waals surface area contributed by atoms with E-state index in [1.807, 2.05) is 6.21 Å².